The Labute approximate surface area is 203 Å². The first-order valence-electron chi connectivity index (χ1n) is 11.4. The minimum Gasteiger partial charge on any atom is -0.388 e. The lowest BCUT2D eigenvalue weighted by molar-refractivity contribution is 0.0730. The summed E-state index contributed by atoms with van der Waals surface area (Å²) in [6, 6.07) is 13.7. The molecule has 2 saturated heterocycles. The zero-order valence-electron chi connectivity index (χ0n) is 19.7. The highest BCUT2D eigenvalue weighted by Gasteiger charge is 2.26. The van der Waals surface area contributed by atoms with Crippen molar-refractivity contribution in [2.24, 2.45) is 0 Å². The normalized spacial score (nSPS) is 17.9. The van der Waals surface area contributed by atoms with Gasteiger partial charge in [-0.05, 0) is 61.4 Å². The quantitative estimate of drug-likeness (QED) is 0.615. The molecule has 34 heavy (non-hydrogen) atoms. The number of nitrogens with zero attached hydrogens (tertiary/aromatic N) is 2. The van der Waals surface area contributed by atoms with E-state index >= 15 is 0 Å². The number of hydrogen-bond donors (Lipinski definition) is 2. The Hall–Kier alpha value is -2.18. The fourth-order valence-corrected chi connectivity index (χ4v) is 6.70. The topological polar surface area (TPSA) is 108 Å². The molecule has 0 unspecified atom stereocenters. The molecule has 2 aromatic rings. The van der Waals surface area contributed by atoms with Crippen molar-refractivity contribution in [1.29, 1.82) is 0 Å². The molecule has 2 aliphatic heterocycles. The van der Waals surface area contributed by atoms with Gasteiger partial charge in [0.1, 0.15) is 0 Å². The lowest BCUT2D eigenvalue weighted by atomic mass is 10.2. The van der Waals surface area contributed by atoms with E-state index in [1.54, 1.807) is 59.9 Å². The van der Waals surface area contributed by atoms with E-state index in [1.807, 2.05) is 7.05 Å². The molecule has 4 rings (SSSR count). The molecule has 0 radical (unpaired) electrons. The highest BCUT2D eigenvalue weighted by atomic mass is 32.2. The molecule has 2 N–H and O–H groups in total. The maximum Gasteiger partial charge on any atom is 0.243 e. The molecule has 0 amide bonds. The van der Waals surface area contributed by atoms with Crippen LogP contribution in [0.4, 0.5) is 11.4 Å². The van der Waals surface area contributed by atoms with Gasteiger partial charge in [-0.15, -0.1) is 0 Å². The highest BCUT2D eigenvalue weighted by molar-refractivity contribution is 7.89. The summed E-state index contributed by atoms with van der Waals surface area (Å²) in [5, 5.41) is 5.93. The van der Waals surface area contributed by atoms with E-state index in [2.05, 4.69) is 10.6 Å². The average Bonchev–Trinajstić information content (AvgIpc) is 2.90. The second kappa shape index (κ2) is 12.0. The molecule has 0 atom stereocenters. The van der Waals surface area contributed by atoms with Crippen molar-refractivity contribution in [1.82, 2.24) is 8.61 Å². The van der Waals surface area contributed by atoms with Crippen LogP contribution in [0.3, 0.4) is 0 Å². The standard InChI is InChI=1S/C12H18N2O2S.C11H16N2O3S/c1-13-11-5-7-12(8-6-11)17(15,16)14-9-3-2-4-10-14;1-12-10-2-4-11(5-3-10)17(14,15)13-6-8-16-9-7-13/h5-8,13H,2-4,9-10H2,1H3;2-5,12H,6-9H2,1H3. The molecule has 2 fully saturated rings. The van der Waals surface area contributed by atoms with E-state index in [-0.39, 0.29) is 0 Å². The van der Waals surface area contributed by atoms with Crippen LogP contribution < -0.4 is 10.6 Å². The summed E-state index contributed by atoms with van der Waals surface area (Å²) in [4.78, 5) is 0.719. The Balaban J connectivity index is 0.000000191. The van der Waals surface area contributed by atoms with Crippen molar-refractivity contribution in [2.75, 3.05) is 64.1 Å². The van der Waals surface area contributed by atoms with Crippen molar-refractivity contribution in [3.63, 3.8) is 0 Å². The van der Waals surface area contributed by atoms with Crippen molar-refractivity contribution in [3.05, 3.63) is 48.5 Å². The first-order valence-corrected chi connectivity index (χ1v) is 14.3. The smallest absolute Gasteiger partial charge is 0.243 e. The number of nitrogens with one attached hydrogen (secondary N) is 2. The van der Waals surface area contributed by atoms with E-state index < -0.39 is 20.0 Å². The molecule has 0 aliphatic carbocycles. The monoisotopic (exact) mass is 510 g/mol. The lowest BCUT2D eigenvalue weighted by Gasteiger charge is -2.26. The second-order valence-electron chi connectivity index (χ2n) is 8.03. The van der Waals surface area contributed by atoms with Crippen molar-refractivity contribution >= 4 is 31.4 Å². The van der Waals surface area contributed by atoms with Gasteiger partial charge in [0, 0.05) is 51.6 Å². The molecule has 0 spiro atoms. The summed E-state index contributed by atoms with van der Waals surface area (Å²) >= 11 is 0. The molecule has 9 nitrogen and oxygen atoms in total. The SMILES string of the molecule is CNc1ccc(S(=O)(=O)N2CCCCC2)cc1.CNc1ccc(S(=O)(=O)N2CCOCC2)cc1. The van der Waals surface area contributed by atoms with Crippen LogP contribution in [-0.2, 0) is 24.8 Å². The van der Waals surface area contributed by atoms with Crippen LogP contribution >= 0.6 is 0 Å². The number of benzene rings is 2. The van der Waals surface area contributed by atoms with Gasteiger partial charge in [0.05, 0.1) is 23.0 Å². The minimum atomic E-state index is -3.36. The minimum absolute atomic E-state index is 0.332. The van der Waals surface area contributed by atoms with E-state index in [0.29, 0.717) is 49.2 Å². The highest BCUT2D eigenvalue weighted by Crippen LogP contribution is 2.22. The van der Waals surface area contributed by atoms with Crippen LogP contribution in [0.25, 0.3) is 0 Å². The van der Waals surface area contributed by atoms with Crippen LogP contribution in [0.15, 0.2) is 58.3 Å². The van der Waals surface area contributed by atoms with Crippen molar-refractivity contribution in [2.45, 2.75) is 29.1 Å². The van der Waals surface area contributed by atoms with Crippen molar-refractivity contribution < 1.29 is 21.6 Å². The summed E-state index contributed by atoms with van der Waals surface area (Å²) < 4.78 is 57.3. The summed E-state index contributed by atoms with van der Waals surface area (Å²) in [7, 11) is -3.03. The van der Waals surface area contributed by atoms with Gasteiger partial charge in [-0.3, -0.25) is 0 Å². The fraction of sp³-hybridized carbons (Fsp3) is 0.478. The lowest BCUT2D eigenvalue weighted by Crippen LogP contribution is -2.40. The number of piperidine rings is 1. The van der Waals surface area contributed by atoms with Gasteiger partial charge in [0.25, 0.3) is 0 Å². The molecule has 2 aliphatic rings. The Kier molecular flexibility index (Phi) is 9.31. The Morgan fingerprint density at radius 1 is 0.618 bits per heavy atom. The molecule has 11 heteroatoms. The predicted molar refractivity (Wildman–Crippen MR) is 134 cm³/mol. The second-order valence-corrected chi connectivity index (χ2v) is 11.9. The van der Waals surface area contributed by atoms with Gasteiger partial charge in [-0.1, -0.05) is 6.42 Å². The van der Waals surface area contributed by atoms with E-state index in [9.17, 15) is 16.8 Å². The molecule has 2 aromatic carbocycles. The van der Waals surface area contributed by atoms with E-state index in [0.717, 1.165) is 30.6 Å². The number of sulfonamides is 2. The van der Waals surface area contributed by atoms with Gasteiger partial charge >= 0.3 is 0 Å². The zero-order valence-corrected chi connectivity index (χ0v) is 21.4. The summed E-state index contributed by atoms with van der Waals surface area (Å²) in [5.74, 6) is 0. The van der Waals surface area contributed by atoms with Gasteiger partial charge in [0.15, 0.2) is 0 Å². The number of anilines is 2. The summed E-state index contributed by atoms with van der Waals surface area (Å²) in [6.07, 6.45) is 3.06. The molecular formula is C23H34N4O5S2. The fourth-order valence-electron chi connectivity index (χ4n) is 3.78. The largest absolute Gasteiger partial charge is 0.388 e. The third-order valence-corrected chi connectivity index (χ3v) is 9.67. The number of hydrogen-bond acceptors (Lipinski definition) is 7. The van der Waals surface area contributed by atoms with Crippen LogP contribution in [0.5, 0.6) is 0 Å². The van der Waals surface area contributed by atoms with Crippen molar-refractivity contribution in [3.8, 4) is 0 Å². The van der Waals surface area contributed by atoms with Crippen LogP contribution in [0.2, 0.25) is 0 Å². The number of ether oxygens (including phenoxy) is 1. The van der Waals surface area contributed by atoms with Gasteiger partial charge in [-0.2, -0.15) is 8.61 Å². The third-order valence-electron chi connectivity index (χ3n) is 5.85. The van der Waals surface area contributed by atoms with E-state index in [1.165, 1.54) is 4.31 Å². The Morgan fingerprint density at radius 3 is 1.38 bits per heavy atom. The Bertz CT molecular complexity index is 1020. The molecular weight excluding hydrogens is 476 g/mol. The number of rotatable bonds is 6. The zero-order chi connectivity index (χ0) is 24.6. The molecule has 188 valence electrons. The first kappa shape index (κ1) is 26.4. The third kappa shape index (κ3) is 6.48. The summed E-state index contributed by atoms with van der Waals surface area (Å²) in [5.41, 5.74) is 1.81. The molecule has 2 heterocycles. The number of morpholine rings is 1. The van der Waals surface area contributed by atoms with Gasteiger partial charge in [-0.25, -0.2) is 16.8 Å². The maximum atomic E-state index is 12.3. The first-order chi connectivity index (χ1) is 16.3. The molecule has 0 saturated carbocycles. The average molecular weight is 511 g/mol. The molecule has 0 aromatic heterocycles. The van der Waals surface area contributed by atoms with Crippen LogP contribution in [0, 0.1) is 0 Å². The van der Waals surface area contributed by atoms with Crippen LogP contribution in [0.1, 0.15) is 19.3 Å². The molecule has 0 bridgehead atoms. The van der Waals surface area contributed by atoms with Gasteiger partial charge < -0.3 is 15.4 Å². The maximum absolute atomic E-state index is 12.3. The van der Waals surface area contributed by atoms with Crippen LogP contribution in [-0.4, -0.2) is 78.9 Å². The Morgan fingerprint density at radius 2 is 1.00 bits per heavy atom. The summed E-state index contributed by atoms with van der Waals surface area (Å²) in [6.45, 7) is 3.08. The van der Waals surface area contributed by atoms with Gasteiger partial charge in [0.2, 0.25) is 20.0 Å². The predicted octanol–water partition coefficient (Wildman–Crippen LogP) is 2.65. The van der Waals surface area contributed by atoms with E-state index in [4.69, 9.17) is 4.74 Å².